The van der Waals surface area contributed by atoms with Gasteiger partial charge in [0.1, 0.15) is 8.94 Å². The van der Waals surface area contributed by atoms with Gasteiger partial charge in [0, 0.05) is 25.1 Å². The van der Waals surface area contributed by atoms with Gasteiger partial charge in [0.15, 0.2) is 0 Å². The Morgan fingerprint density at radius 1 is 1.50 bits per heavy atom. The highest BCUT2D eigenvalue weighted by molar-refractivity contribution is 8.26. The first kappa shape index (κ1) is 14.6. The molecule has 0 unspecified atom stereocenters. The van der Waals surface area contributed by atoms with Crippen molar-refractivity contribution in [3.05, 3.63) is 24.5 Å². The highest BCUT2D eigenvalue weighted by Crippen LogP contribution is 2.26. The Hall–Kier alpha value is -1.45. The van der Waals surface area contributed by atoms with Crippen LogP contribution in [0.1, 0.15) is 13.8 Å². The zero-order chi connectivity index (χ0) is 13.8. The first-order valence-corrected chi connectivity index (χ1v) is 6.42. The minimum absolute atomic E-state index is 0.181. The van der Waals surface area contributed by atoms with Crippen molar-refractivity contribution in [2.45, 2.75) is 18.6 Å². The molecule has 0 fully saturated rings. The highest BCUT2D eigenvalue weighted by Gasteiger charge is 2.25. The summed E-state index contributed by atoms with van der Waals surface area (Å²) in [5.41, 5.74) is 0.715. The number of nitriles is 1. The van der Waals surface area contributed by atoms with E-state index in [0.29, 0.717) is 5.69 Å². The predicted molar refractivity (Wildman–Crippen MR) is 77.5 cm³/mol. The molecule has 0 aliphatic carbocycles. The third-order valence-corrected chi connectivity index (χ3v) is 3.53. The van der Waals surface area contributed by atoms with Gasteiger partial charge in [0.25, 0.3) is 5.91 Å². The van der Waals surface area contributed by atoms with Crippen molar-refractivity contribution in [3.63, 3.8) is 0 Å². The number of aromatic nitrogens is 1. The molecule has 1 aromatic heterocycles. The molecule has 1 heterocycles. The molecule has 0 N–H and O–H groups in total. The summed E-state index contributed by atoms with van der Waals surface area (Å²) in [6.45, 7) is 3.45. The molecule has 4 nitrogen and oxygen atoms in total. The van der Waals surface area contributed by atoms with E-state index in [4.69, 9.17) is 17.5 Å². The Bertz CT molecular complexity index is 494. The number of hydrogen-bond donors (Lipinski definition) is 0. The lowest BCUT2D eigenvalue weighted by molar-refractivity contribution is -0.111. The summed E-state index contributed by atoms with van der Waals surface area (Å²) in [5.74, 6) is -0.287. The maximum Gasteiger partial charge on any atom is 0.275 e. The fraction of sp³-hybridized carbons (Fsp3) is 0.333. The van der Waals surface area contributed by atoms with Crippen LogP contribution in [0.3, 0.4) is 0 Å². The molecule has 94 valence electrons. The zero-order valence-corrected chi connectivity index (χ0v) is 12.0. The second-order valence-electron chi connectivity index (χ2n) is 4.08. The molecule has 1 amide bonds. The normalized spacial score (nSPS) is 10.6. The summed E-state index contributed by atoms with van der Waals surface area (Å²) in [5, 5.41) is 8.92. The summed E-state index contributed by atoms with van der Waals surface area (Å²) in [6.07, 6.45) is 3.21. The van der Waals surface area contributed by atoms with Crippen LogP contribution >= 0.6 is 24.0 Å². The molecule has 0 spiro atoms. The number of carbonyl (C=O) groups is 1. The zero-order valence-electron chi connectivity index (χ0n) is 10.4. The van der Waals surface area contributed by atoms with Crippen molar-refractivity contribution < 1.29 is 4.79 Å². The van der Waals surface area contributed by atoms with Crippen LogP contribution in [0.4, 0.5) is 5.69 Å². The molecule has 0 aromatic carbocycles. The third kappa shape index (κ3) is 3.79. The van der Waals surface area contributed by atoms with Crippen LogP contribution in [0.25, 0.3) is 0 Å². The molecule has 6 heteroatoms. The van der Waals surface area contributed by atoms with Crippen LogP contribution in [0.5, 0.6) is 0 Å². The largest absolute Gasteiger partial charge is 0.310 e. The van der Waals surface area contributed by atoms with E-state index in [1.54, 1.807) is 45.4 Å². The highest BCUT2D eigenvalue weighted by atomic mass is 32.2. The summed E-state index contributed by atoms with van der Waals surface area (Å²) < 4.78 is -0.521. The van der Waals surface area contributed by atoms with Gasteiger partial charge in [0.2, 0.25) is 0 Å². The molecule has 0 saturated heterocycles. The van der Waals surface area contributed by atoms with Crippen LogP contribution < -0.4 is 4.90 Å². The quantitative estimate of drug-likeness (QED) is 0.778. The van der Waals surface area contributed by atoms with E-state index in [1.165, 1.54) is 4.90 Å². The van der Waals surface area contributed by atoms with Gasteiger partial charge in [0.05, 0.1) is 6.07 Å². The number of pyridine rings is 1. The number of rotatable bonds is 2. The molecule has 0 radical (unpaired) electrons. The minimum atomic E-state index is -0.703. The van der Waals surface area contributed by atoms with Crippen molar-refractivity contribution in [3.8, 4) is 6.07 Å². The second kappa shape index (κ2) is 5.94. The maximum atomic E-state index is 12.1. The van der Waals surface area contributed by atoms with Gasteiger partial charge in [-0.2, -0.15) is 5.26 Å². The molecule has 1 aromatic rings. The van der Waals surface area contributed by atoms with Gasteiger partial charge >= 0.3 is 0 Å². The number of nitrogens with zero attached hydrogens (tertiary/aromatic N) is 3. The minimum Gasteiger partial charge on any atom is -0.310 e. The Labute approximate surface area is 116 Å². The van der Waals surface area contributed by atoms with Crippen LogP contribution in [-0.4, -0.2) is 26.9 Å². The van der Waals surface area contributed by atoms with E-state index < -0.39 is 4.75 Å². The van der Waals surface area contributed by atoms with Crippen molar-refractivity contribution in [2.75, 3.05) is 11.9 Å². The smallest absolute Gasteiger partial charge is 0.275 e. The van der Waals surface area contributed by atoms with Gasteiger partial charge in [-0.25, -0.2) is 0 Å². The first-order valence-electron chi connectivity index (χ1n) is 5.19. The Kier molecular flexibility index (Phi) is 4.82. The average molecular weight is 279 g/mol. The van der Waals surface area contributed by atoms with Gasteiger partial charge in [-0.05, 0) is 26.0 Å². The van der Waals surface area contributed by atoms with Crippen molar-refractivity contribution in [2.24, 2.45) is 0 Å². The Morgan fingerprint density at radius 3 is 2.56 bits per heavy atom. The summed E-state index contributed by atoms with van der Waals surface area (Å²) in [4.78, 5) is 17.4. The predicted octanol–water partition coefficient (Wildman–Crippen LogP) is 2.41. The molecule has 0 atom stereocenters. The van der Waals surface area contributed by atoms with E-state index in [1.807, 2.05) is 0 Å². The van der Waals surface area contributed by atoms with Gasteiger partial charge in [-0.15, -0.1) is 0 Å². The number of anilines is 1. The fourth-order valence-electron chi connectivity index (χ4n) is 1.12. The van der Waals surface area contributed by atoms with Crippen LogP contribution in [0.2, 0.25) is 0 Å². The summed E-state index contributed by atoms with van der Waals surface area (Å²) in [6, 6.07) is 5.55. The van der Waals surface area contributed by atoms with E-state index in [0.717, 1.165) is 11.8 Å². The maximum absolute atomic E-state index is 12.1. The number of amides is 1. The standard InChI is InChI=1S/C12H13N3OS2/c1-12(2,8-13)18-11(17)10(16)15(3)9-4-6-14-7-5-9/h4-7H,1-3H3. The Balaban J connectivity index is 2.77. The number of hydrogen-bond acceptors (Lipinski definition) is 5. The molecule has 0 saturated carbocycles. The lowest BCUT2D eigenvalue weighted by Crippen LogP contribution is -2.32. The number of carbonyl (C=O) groups excluding carboxylic acids is 1. The van der Waals surface area contributed by atoms with Crippen LogP contribution in [0, 0.1) is 11.3 Å². The number of thiocarbonyl (C=S) groups is 1. The second-order valence-corrected chi connectivity index (χ2v) is 6.38. The van der Waals surface area contributed by atoms with Gasteiger partial charge in [-0.3, -0.25) is 9.78 Å². The molecular weight excluding hydrogens is 266 g/mol. The van der Waals surface area contributed by atoms with E-state index in [-0.39, 0.29) is 10.1 Å². The summed E-state index contributed by atoms with van der Waals surface area (Å²) in [7, 11) is 1.64. The first-order chi connectivity index (χ1) is 8.37. The van der Waals surface area contributed by atoms with Crippen molar-refractivity contribution >= 4 is 39.8 Å². The van der Waals surface area contributed by atoms with Crippen LogP contribution in [0.15, 0.2) is 24.5 Å². The van der Waals surface area contributed by atoms with E-state index in [2.05, 4.69) is 11.1 Å². The summed E-state index contributed by atoms with van der Waals surface area (Å²) >= 11 is 6.17. The van der Waals surface area contributed by atoms with Crippen molar-refractivity contribution in [1.82, 2.24) is 4.98 Å². The molecule has 0 aliphatic rings. The fourth-order valence-corrected chi connectivity index (χ4v) is 2.62. The molecule has 0 aliphatic heterocycles. The topological polar surface area (TPSA) is 57.0 Å². The SMILES string of the molecule is CN(C(=O)C(=S)SC(C)(C)C#N)c1ccncc1. The Morgan fingerprint density at radius 2 is 2.06 bits per heavy atom. The molecular formula is C12H13N3OS2. The molecule has 0 bridgehead atoms. The lowest BCUT2D eigenvalue weighted by Gasteiger charge is -2.20. The lowest BCUT2D eigenvalue weighted by atomic mass is 10.2. The van der Waals surface area contributed by atoms with Gasteiger partial charge < -0.3 is 4.90 Å². The third-order valence-electron chi connectivity index (χ3n) is 2.15. The molecule has 18 heavy (non-hydrogen) atoms. The molecule has 1 rings (SSSR count). The van der Waals surface area contributed by atoms with E-state index in [9.17, 15) is 4.79 Å². The van der Waals surface area contributed by atoms with Gasteiger partial charge in [-0.1, -0.05) is 24.0 Å². The van der Waals surface area contributed by atoms with E-state index >= 15 is 0 Å². The monoisotopic (exact) mass is 279 g/mol. The van der Waals surface area contributed by atoms with Crippen LogP contribution in [-0.2, 0) is 4.79 Å². The number of thioether (sulfide) groups is 1. The van der Waals surface area contributed by atoms with Crippen molar-refractivity contribution in [1.29, 1.82) is 5.26 Å². The average Bonchev–Trinajstić information content (AvgIpc) is 2.37.